The molecule has 1 amide bonds. The van der Waals surface area contributed by atoms with Gasteiger partial charge in [-0.15, -0.1) is 11.3 Å². The first-order chi connectivity index (χ1) is 14.3. The summed E-state index contributed by atoms with van der Waals surface area (Å²) in [7, 11) is 6.66. The zero-order valence-corrected chi connectivity index (χ0v) is 18.7. The van der Waals surface area contributed by atoms with Gasteiger partial charge in [0.25, 0.3) is 11.7 Å². The van der Waals surface area contributed by atoms with E-state index in [2.05, 4.69) is 0 Å². The van der Waals surface area contributed by atoms with Crippen LogP contribution in [0.3, 0.4) is 0 Å². The number of thiophene rings is 1. The van der Waals surface area contributed by atoms with Crippen molar-refractivity contribution in [3.8, 4) is 11.5 Å². The number of ketones is 1. The van der Waals surface area contributed by atoms with Gasteiger partial charge in [-0.3, -0.25) is 9.59 Å². The van der Waals surface area contributed by atoms with E-state index in [1.807, 2.05) is 36.5 Å². The molecule has 1 atom stereocenters. The highest BCUT2D eigenvalue weighted by molar-refractivity contribution is 7.10. The number of halogens is 1. The summed E-state index contributed by atoms with van der Waals surface area (Å²) in [6, 6.07) is 6.00. The van der Waals surface area contributed by atoms with Crippen molar-refractivity contribution in [3.63, 3.8) is 0 Å². The highest BCUT2D eigenvalue weighted by Gasteiger charge is 2.46. The van der Waals surface area contributed by atoms with Crippen LogP contribution in [0.2, 0.25) is 5.02 Å². The lowest BCUT2D eigenvalue weighted by Crippen LogP contribution is -2.35. The number of carbonyl (C=O) groups excluding carboxylic acids is 2. The average molecular weight is 451 g/mol. The molecule has 1 aliphatic rings. The van der Waals surface area contributed by atoms with Gasteiger partial charge in [0.15, 0.2) is 0 Å². The second-order valence-corrected chi connectivity index (χ2v) is 8.38. The van der Waals surface area contributed by atoms with Crippen LogP contribution in [0.5, 0.6) is 11.5 Å². The van der Waals surface area contributed by atoms with Crippen LogP contribution in [0.4, 0.5) is 0 Å². The first-order valence-electron chi connectivity index (χ1n) is 9.18. The van der Waals surface area contributed by atoms with Gasteiger partial charge in [0.1, 0.15) is 17.3 Å². The van der Waals surface area contributed by atoms with E-state index >= 15 is 0 Å². The van der Waals surface area contributed by atoms with Crippen LogP contribution in [-0.2, 0) is 9.59 Å². The predicted octanol–water partition coefficient (Wildman–Crippen LogP) is 3.40. The Morgan fingerprint density at radius 3 is 2.50 bits per heavy atom. The monoisotopic (exact) mass is 450 g/mol. The Hall–Kier alpha value is -2.55. The Kier molecular flexibility index (Phi) is 6.70. The Balaban J connectivity index is 2.19. The molecule has 3 rings (SSSR count). The van der Waals surface area contributed by atoms with Gasteiger partial charge in [-0.05, 0) is 31.6 Å². The SMILES string of the molecule is COc1cc(/C(O)=C2\C(=O)C(=O)N(CCN(C)C)C2c2cccs2)c(OC)cc1Cl. The summed E-state index contributed by atoms with van der Waals surface area (Å²) in [6.45, 7) is 0.922. The number of hydrogen-bond acceptors (Lipinski definition) is 7. The number of benzene rings is 1. The topological polar surface area (TPSA) is 79.3 Å². The lowest BCUT2D eigenvalue weighted by Gasteiger charge is -2.25. The summed E-state index contributed by atoms with van der Waals surface area (Å²) in [5, 5.41) is 13.4. The van der Waals surface area contributed by atoms with Crippen LogP contribution in [0.1, 0.15) is 16.5 Å². The molecule has 7 nitrogen and oxygen atoms in total. The fraction of sp³-hybridized carbons (Fsp3) is 0.333. The molecule has 2 heterocycles. The van der Waals surface area contributed by atoms with Crippen LogP contribution in [0, 0.1) is 0 Å². The summed E-state index contributed by atoms with van der Waals surface area (Å²) in [4.78, 5) is 30.0. The van der Waals surface area contributed by atoms with Crippen LogP contribution in [0.25, 0.3) is 5.76 Å². The van der Waals surface area contributed by atoms with E-state index in [9.17, 15) is 14.7 Å². The van der Waals surface area contributed by atoms with Gasteiger partial charge >= 0.3 is 0 Å². The van der Waals surface area contributed by atoms with E-state index in [1.54, 1.807) is 0 Å². The van der Waals surface area contributed by atoms with E-state index in [-0.39, 0.29) is 22.6 Å². The van der Waals surface area contributed by atoms with Crippen molar-refractivity contribution in [3.05, 3.63) is 50.7 Å². The number of methoxy groups -OCH3 is 2. The molecule has 0 spiro atoms. The van der Waals surface area contributed by atoms with Crippen molar-refractivity contribution < 1.29 is 24.2 Å². The fourth-order valence-corrected chi connectivity index (χ4v) is 4.43. The summed E-state index contributed by atoms with van der Waals surface area (Å²) < 4.78 is 10.6. The molecule has 1 aromatic carbocycles. The largest absolute Gasteiger partial charge is 0.507 e. The summed E-state index contributed by atoms with van der Waals surface area (Å²) in [6.07, 6.45) is 0. The molecule has 1 N–H and O–H groups in total. The smallest absolute Gasteiger partial charge is 0.295 e. The minimum Gasteiger partial charge on any atom is -0.507 e. The van der Waals surface area contributed by atoms with E-state index in [0.29, 0.717) is 23.9 Å². The molecule has 9 heteroatoms. The molecule has 160 valence electrons. The molecule has 30 heavy (non-hydrogen) atoms. The van der Waals surface area contributed by atoms with Gasteiger partial charge in [-0.2, -0.15) is 0 Å². The van der Waals surface area contributed by atoms with Crippen LogP contribution in [-0.4, -0.2) is 68.0 Å². The highest BCUT2D eigenvalue weighted by Crippen LogP contribution is 2.43. The maximum Gasteiger partial charge on any atom is 0.295 e. The molecule has 1 aliphatic heterocycles. The Labute approximate surface area is 184 Å². The lowest BCUT2D eigenvalue weighted by molar-refractivity contribution is -0.140. The lowest BCUT2D eigenvalue weighted by atomic mass is 9.99. The number of hydrogen-bond donors (Lipinski definition) is 1. The number of aliphatic hydroxyl groups is 1. The maximum atomic E-state index is 13.0. The molecule has 2 aromatic rings. The second kappa shape index (κ2) is 9.07. The minimum atomic E-state index is -0.736. The normalized spacial score (nSPS) is 18.3. The molecule has 1 saturated heterocycles. The Morgan fingerprint density at radius 2 is 1.93 bits per heavy atom. The van der Waals surface area contributed by atoms with Crippen molar-refractivity contribution >= 4 is 40.4 Å². The van der Waals surface area contributed by atoms with Crippen LogP contribution < -0.4 is 9.47 Å². The van der Waals surface area contributed by atoms with Crippen molar-refractivity contribution in [1.29, 1.82) is 0 Å². The van der Waals surface area contributed by atoms with Crippen molar-refractivity contribution in [2.75, 3.05) is 41.4 Å². The number of nitrogens with zero attached hydrogens (tertiary/aromatic N) is 2. The van der Waals surface area contributed by atoms with E-state index in [0.717, 1.165) is 4.88 Å². The third kappa shape index (κ3) is 4.03. The number of carbonyl (C=O) groups is 2. The second-order valence-electron chi connectivity index (χ2n) is 7.00. The van der Waals surface area contributed by atoms with E-state index in [4.69, 9.17) is 21.1 Å². The number of ether oxygens (including phenoxy) is 2. The molecule has 0 saturated carbocycles. The van der Waals surface area contributed by atoms with Crippen LogP contribution >= 0.6 is 22.9 Å². The van der Waals surface area contributed by atoms with Crippen LogP contribution in [0.15, 0.2) is 35.2 Å². The van der Waals surface area contributed by atoms with Crippen molar-refractivity contribution in [2.45, 2.75) is 6.04 Å². The first kappa shape index (κ1) is 22.1. The third-order valence-electron chi connectivity index (χ3n) is 4.87. The van der Waals surface area contributed by atoms with Gasteiger partial charge in [-0.25, -0.2) is 0 Å². The third-order valence-corrected chi connectivity index (χ3v) is 6.09. The molecule has 0 bridgehead atoms. The van der Waals surface area contributed by atoms with Gasteiger partial charge < -0.3 is 24.4 Å². The van der Waals surface area contributed by atoms with Crippen molar-refractivity contribution in [2.24, 2.45) is 0 Å². The van der Waals surface area contributed by atoms with Crippen molar-refractivity contribution in [1.82, 2.24) is 9.80 Å². The number of aliphatic hydroxyl groups excluding tert-OH is 1. The Bertz CT molecular complexity index is 988. The number of rotatable bonds is 7. The summed E-state index contributed by atoms with van der Waals surface area (Å²) in [5.74, 6) is -1.13. The average Bonchev–Trinajstić information content (AvgIpc) is 3.33. The number of likely N-dealkylation sites (tertiary alicyclic amines) is 1. The van der Waals surface area contributed by atoms with Gasteiger partial charge in [-0.1, -0.05) is 17.7 Å². The zero-order valence-electron chi connectivity index (χ0n) is 17.1. The molecule has 1 aromatic heterocycles. The van der Waals surface area contributed by atoms with E-state index in [1.165, 1.54) is 42.6 Å². The molecule has 1 unspecified atom stereocenters. The zero-order chi connectivity index (χ0) is 22.0. The number of likely N-dealkylation sites (N-methyl/N-ethyl adjacent to an activating group) is 1. The standard InChI is InChI=1S/C21H23ClN2O5S/c1-23(2)7-8-24-18(16-6-5-9-30-16)17(20(26)21(24)27)19(25)12-10-15(29-4)13(22)11-14(12)28-3/h5-6,9-11,18,25H,7-8H2,1-4H3/b19-17+. The quantitative estimate of drug-likeness (QED) is 0.395. The summed E-state index contributed by atoms with van der Waals surface area (Å²) >= 11 is 7.58. The van der Waals surface area contributed by atoms with E-state index < -0.39 is 17.7 Å². The molecule has 0 aliphatic carbocycles. The molecule has 0 radical (unpaired) electrons. The van der Waals surface area contributed by atoms with Gasteiger partial charge in [0.2, 0.25) is 0 Å². The molecular weight excluding hydrogens is 428 g/mol. The highest BCUT2D eigenvalue weighted by atomic mass is 35.5. The molecule has 1 fully saturated rings. The number of amides is 1. The summed E-state index contributed by atoms with van der Waals surface area (Å²) in [5.41, 5.74) is 0.245. The predicted molar refractivity (Wildman–Crippen MR) is 116 cm³/mol. The maximum absolute atomic E-state index is 13.0. The van der Waals surface area contributed by atoms with Gasteiger partial charge in [0, 0.05) is 24.0 Å². The Morgan fingerprint density at radius 1 is 1.23 bits per heavy atom. The fourth-order valence-electron chi connectivity index (χ4n) is 3.35. The van der Waals surface area contributed by atoms with Gasteiger partial charge in [0.05, 0.1) is 36.4 Å². The molecular formula is C21H23ClN2O5S. The minimum absolute atomic E-state index is 0.0175. The number of Topliss-reactive ketones (excluding diaryl/α,β-unsaturated/α-hetero) is 1. The first-order valence-corrected chi connectivity index (χ1v) is 10.4.